The molecule has 1 amide bonds. The van der Waals surface area contributed by atoms with Crippen molar-refractivity contribution in [2.24, 2.45) is 11.8 Å². The number of nitrogens with one attached hydrogen (secondary N) is 1. The van der Waals surface area contributed by atoms with E-state index in [2.05, 4.69) is 35.1 Å². The molecule has 0 bridgehead atoms. The molecule has 3 heteroatoms. The smallest absolute Gasteiger partial charge is 0.233 e. The molecule has 0 heterocycles. The third-order valence-corrected chi connectivity index (χ3v) is 4.50. The zero-order valence-electron chi connectivity index (χ0n) is 9.22. The van der Waals surface area contributed by atoms with Crippen LogP contribution in [-0.4, -0.2) is 16.8 Å². The number of carbonyl (C=O) groups excluding carboxylic acids is 1. The summed E-state index contributed by atoms with van der Waals surface area (Å²) >= 11 is 3.37. The fourth-order valence-corrected chi connectivity index (χ4v) is 2.16. The van der Waals surface area contributed by atoms with Crippen LogP contribution < -0.4 is 5.32 Å². The van der Waals surface area contributed by atoms with Crippen molar-refractivity contribution in [2.45, 2.75) is 50.9 Å². The van der Waals surface area contributed by atoms with Crippen LogP contribution in [0.3, 0.4) is 0 Å². The van der Waals surface area contributed by atoms with Gasteiger partial charge in [-0.05, 0) is 31.1 Å². The van der Waals surface area contributed by atoms with Crippen molar-refractivity contribution in [3.05, 3.63) is 0 Å². The molecule has 1 aliphatic carbocycles. The number of alkyl halides is 1. The summed E-state index contributed by atoms with van der Waals surface area (Å²) in [7, 11) is 0. The molecule has 0 radical (unpaired) electrons. The van der Waals surface area contributed by atoms with Crippen LogP contribution in [0.15, 0.2) is 0 Å². The molecule has 1 fully saturated rings. The first-order valence-electron chi connectivity index (χ1n) is 5.50. The average molecular weight is 262 g/mol. The van der Waals surface area contributed by atoms with E-state index >= 15 is 0 Å². The zero-order chi connectivity index (χ0) is 10.7. The number of hydrogen-bond acceptors (Lipinski definition) is 1. The Hall–Kier alpha value is -0.0500. The zero-order valence-corrected chi connectivity index (χ0v) is 10.8. The third kappa shape index (κ3) is 2.72. The Balaban J connectivity index is 2.41. The van der Waals surface area contributed by atoms with Crippen molar-refractivity contribution < 1.29 is 4.79 Å². The second-order valence-corrected chi connectivity index (χ2v) is 5.51. The van der Waals surface area contributed by atoms with Crippen LogP contribution in [0.1, 0.15) is 40.0 Å². The van der Waals surface area contributed by atoms with Gasteiger partial charge in [-0.2, -0.15) is 0 Å². The van der Waals surface area contributed by atoms with Gasteiger partial charge in [0.15, 0.2) is 0 Å². The number of halogens is 1. The quantitative estimate of drug-likeness (QED) is 0.778. The van der Waals surface area contributed by atoms with Crippen LogP contribution >= 0.6 is 15.9 Å². The average Bonchev–Trinajstić information content (AvgIpc) is 2.48. The van der Waals surface area contributed by atoms with E-state index in [0.29, 0.717) is 12.0 Å². The Morgan fingerprint density at radius 2 is 2.14 bits per heavy atom. The van der Waals surface area contributed by atoms with Gasteiger partial charge in [-0.3, -0.25) is 4.79 Å². The van der Waals surface area contributed by atoms with Crippen LogP contribution in [0, 0.1) is 11.8 Å². The number of amides is 1. The minimum atomic E-state index is -0.0226. The van der Waals surface area contributed by atoms with E-state index in [-0.39, 0.29) is 10.7 Å². The number of hydrogen-bond donors (Lipinski definition) is 1. The lowest BCUT2D eigenvalue weighted by molar-refractivity contribution is -0.121. The lowest BCUT2D eigenvalue weighted by Gasteiger charge is -2.20. The van der Waals surface area contributed by atoms with Gasteiger partial charge in [0, 0.05) is 6.04 Å². The van der Waals surface area contributed by atoms with Crippen molar-refractivity contribution in [2.75, 3.05) is 0 Å². The SMILES string of the molecule is CCC(Br)C(=O)NC1CCC(C)C1C. The lowest BCUT2D eigenvalue weighted by atomic mass is 9.98. The van der Waals surface area contributed by atoms with Gasteiger partial charge in [-0.15, -0.1) is 0 Å². The molecule has 0 aromatic rings. The highest BCUT2D eigenvalue weighted by molar-refractivity contribution is 9.10. The highest BCUT2D eigenvalue weighted by Crippen LogP contribution is 2.31. The van der Waals surface area contributed by atoms with Crippen LogP contribution in [0.5, 0.6) is 0 Å². The molecule has 82 valence electrons. The van der Waals surface area contributed by atoms with E-state index in [1.807, 2.05) is 6.92 Å². The van der Waals surface area contributed by atoms with Gasteiger partial charge in [0.1, 0.15) is 0 Å². The normalized spacial score (nSPS) is 34.1. The Morgan fingerprint density at radius 1 is 1.50 bits per heavy atom. The molecule has 14 heavy (non-hydrogen) atoms. The molecule has 4 unspecified atom stereocenters. The molecular formula is C11H20BrNO. The minimum absolute atomic E-state index is 0.0226. The van der Waals surface area contributed by atoms with E-state index in [9.17, 15) is 4.79 Å². The first kappa shape index (κ1) is 12.0. The Kier molecular flexibility index (Phi) is 4.42. The Labute approximate surface area is 95.0 Å². The molecule has 0 aromatic carbocycles. The number of carbonyl (C=O) groups is 1. The van der Waals surface area contributed by atoms with E-state index in [1.54, 1.807) is 0 Å². The van der Waals surface area contributed by atoms with E-state index < -0.39 is 0 Å². The molecule has 0 spiro atoms. The van der Waals surface area contributed by atoms with Gasteiger partial charge in [0.05, 0.1) is 4.83 Å². The third-order valence-electron chi connectivity index (χ3n) is 3.44. The van der Waals surface area contributed by atoms with Gasteiger partial charge < -0.3 is 5.32 Å². The lowest BCUT2D eigenvalue weighted by Crippen LogP contribution is -2.41. The second kappa shape index (κ2) is 5.15. The minimum Gasteiger partial charge on any atom is -0.352 e. The van der Waals surface area contributed by atoms with Crippen LogP contribution in [-0.2, 0) is 4.79 Å². The van der Waals surface area contributed by atoms with Crippen molar-refractivity contribution in [3.63, 3.8) is 0 Å². The summed E-state index contributed by atoms with van der Waals surface area (Å²) in [5.74, 6) is 1.52. The molecule has 4 atom stereocenters. The largest absolute Gasteiger partial charge is 0.352 e. The van der Waals surface area contributed by atoms with Crippen molar-refractivity contribution in [1.29, 1.82) is 0 Å². The summed E-state index contributed by atoms with van der Waals surface area (Å²) in [6, 6.07) is 0.393. The van der Waals surface area contributed by atoms with E-state index in [4.69, 9.17) is 0 Å². The maximum absolute atomic E-state index is 11.6. The van der Waals surface area contributed by atoms with Gasteiger partial charge >= 0.3 is 0 Å². The first-order chi connectivity index (χ1) is 6.56. The predicted molar refractivity (Wildman–Crippen MR) is 62.5 cm³/mol. The topological polar surface area (TPSA) is 29.1 Å². The van der Waals surface area contributed by atoms with Crippen LogP contribution in [0.25, 0.3) is 0 Å². The van der Waals surface area contributed by atoms with Gasteiger partial charge in [-0.25, -0.2) is 0 Å². The molecule has 0 aromatic heterocycles. The predicted octanol–water partition coefficient (Wildman–Crippen LogP) is 2.71. The summed E-state index contributed by atoms with van der Waals surface area (Å²) in [5.41, 5.74) is 0. The van der Waals surface area contributed by atoms with Crippen molar-refractivity contribution >= 4 is 21.8 Å². The van der Waals surface area contributed by atoms with Crippen molar-refractivity contribution in [1.82, 2.24) is 5.32 Å². The van der Waals surface area contributed by atoms with Crippen molar-refractivity contribution in [3.8, 4) is 0 Å². The molecule has 1 aliphatic rings. The van der Waals surface area contributed by atoms with Gasteiger partial charge in [0.2, 0.25) is 5.91 Å². The molecule has 1 saturated carbocycles. The monoisotopic (exact) mass is 261 g/mol. The Bertz CT molecular complexity index is 207. The fourth-order valence-electron chi connectivity index (χ4n) is 2.03. The summed E-state index contributed by atoms with van der Waals surface area (Å²) in [4.78, 5) is 11.6. The molecule has 0 saturated heterocycles. The maximum Gasteiger partial charge on any atom is 0.233 e. The standard InChI is InChI=1S/C11H20BrNO/c1-4-9(12)11(14)13-10-6-5-7(2)8(10)3/h7-10H,4-6H2,1-3H3,(H,13,14). The summed E-state index contributed by atoms with van der Waals surface area (Å²) in [5, 5.41) is 3.12. The van der Waals surface area contributed by atoms with Gasteiger partial charge in [0.25, 0.3) is 0 Å². The van der Waals surface area contributed by atoms with Crippen LogP contribution in [0.2, 0.25) is 0 Å². The fraction of sp³-hybridized carbons (Fsp3) is 0.909. The molecule has 1 N–H and O–H groups in total. The maximum atomic E-state index is 11.6. The molecule has 1 rings (SSSR count). The van der Waals surface area contributed by atoms with Crippen LogP contribution in [0.4, 0.5) is 0 Å². The summed E-state index contributed by atoms with van der Waals surface area (Å²) < 4.78 is 0. The second-order valence-electron chi connectivity index (χ2n) is 4.40. The highest BCUT2D eigenvalue weighted by atomic mass is 79.9. The van der Waals surface area contributed by atoms with E-state index in [1.165, 1.54) is 6.42 Å². The highest BCUT2D eigenvalue weighted by Gasteiger charge is 2.31. The summed E-state index contributed by atoms with van der Waals surface area (Å²) in [6.45, 7) is 6.51. The Morgan fingerprint density at radius 3 is 2.57 bits per heavy atom. The van der Waals surface area contributed by atoms with Gasteiger partial charge in [-0.1, -0.05) is 36.7 Å². The molecule has 2 nitrogen and oxygen atoms in total. The number of rotatable bonds is 3. The molecule has 0 aliphatic heterocycles. The first-order valence-corrected chi connectivity index (χ1v) is 6.42. The summed E-state index contributed by atoms with van der Waals surface area (Å²) in [6.07, 6.45) is 3.23. The molecular weight excluding hydrogens is 242 g/mol. The van der Waals surface area contributed by atoms with E-state index in [0.717, 1.165) is 18.8 Å².